The van der Waals surface area contributed by atoms with E-state index in [1.807, 2.05) is 37.3 Å². The Kier molecular flexibility index (Phi) is 6.08. The van der Waals surface area contributed by atoms with E-state index in [2.05, 4.69) is 21.4 Å². The summed E-state index contributed by atoms with van der Waals surface area (Å²) in [6, 6.07) is 13.0. The molecule has 140 valence electrons. The number of methoxy groups -OCH3 is 1. The van der Waals surface area contributed by atoms with E-state index < -0.39 is 0 Å². The van der Waals surface area contributed by atoms with Crippen molar-refractivity contribution in [3.8, 4) is 5.75 Å². The van der Waals surface area contributed by atoms with Crippen LogP contribution in [0.5, 0.6) is 5.75 Å². The van der Waals surface area contributed by atoms with Gasteiger partial charge in [0.25, 0.3) is 0 Å². The minimum Gasteiger partial charge on any atom is -0.495 e. The van der Waals surface area contributed by atoms with E-state index in [-0.39, 0.29) is 11.2 Å². The molecule has 0 aliphatic heterocycles. The van der Waals surface area contributed by atoms with Crippen molar-refractivity contribution >= 4 is 46.0 Å². The van der Waals surface area contributed by atoms with Gasteiger partial charge >= 0.3 is 0 Å². The van der Waals surface area contributed by atoms with Crippen LogP contribution in [-0.2, 0) is 11.3 Å². The van der Waals surface area contributed by atoms with Gasteiger partial charge in [0.2, 0.25) is 5.91 Å². The highest BCUT2D eigenvalue weighted by Crippen LogP contribution is 2.31. The van der Waals surface area contributed by atoms with Crippen LogP contribution < -0.4 is 10.1 Å². The lowest BCUT2D eigenvalue weighted by Crippen LogP contribution is -2.23. The van der Waals surface area contributed by atoms with Crippen LogP contribution in [0.1, 0.15) is 6.92 Å². The summed E-state index contributed by atoms with van der Waals surface area (Å²) in [5.41, 5.74) is 2.46. The number of rotatable bonds is 7. The van der Waals surface area contributed by atoms with Crippen LogP contribution in [0.4, 0.5) is 5.69 Å². The van der Waals surface area contributed by atoms with Crippen molar-refractivity contribution in [2.24, 2.45) is 0 Å². The van der Waals surface area contributed by atoms with E-state index >= 15 is 0 Å². The van der Waals surface area contributed by atoms with Gasteiger partial charge in [-0.2, -0.15) is 0 Å². The molecule has 0 radical (unpaired) electrons. The van der Waals surface area contributed by atoms with Crippen LogP contribution in [0.15, 0.2) is 60.3 Å². The molecule has 1 atom stereocenters. The van der Waals surface area contributed by atoms with Crippen LogP contribution in [-0.4, -0.2) is 27.8 Å². The predicted molar refractivity (Wildman–Crippen MR) is 112 cm³/mol. The molecule has 1 N–H and O–H groups in total. The van der Waals surface area contributed by atoms with Crippen LogP contribution >= 0.6 is 23.4 Å². The third kappa shape index (κ3) is 4.28. The molecule has 0 aliphatic rings. The fraction of sp³-hybridized carbons (Fsp3) is 0.200. The van der Waals surface area contributed by atoms with Crippen LogP contribution in [0.3, 0.4) is 0 Å². The summed E-state index contributed by atoms with van der Waals surface area (Å²) >= 11 is 7.43. The second-order valence-electron chi connectivity index (χ2n) is 5.88. The minimum atomic E-state index is -0.367. The molecule has 7 heteroatoms. The van der Waals surface area contributed by atoms with Crippen LogP contribution in [0.25, 0.3) is 11.0 Å². The van der Waals surface area contributed by atoms with Crippen molar-refractivity contribution in [3.05, 3.63) is 60.1 Å². The molecule has 27 heavy (non-hydrogen) atoms. The summed E-state index contributed by atoms with van der Waals surface area (Å²) in [5.74, 6) is 0.404. The zero-order valence-corrected chi connectivity index (χ0v) is 16.7. The fourth-order valence-corrected chi connectivity index (χ4v) is 3.78. The molecule has 0 bridgehead atoms. The Bertz CT molecular complexity index is 987. The number of para-hydroxylation sites is 2. The maximum atomic E-state index is 12.7. The standard InChI is InChI=1S/C20H20ClN3O2S/c1-4-11-24-17-8-6-5-7-15(17)23-20(24)27-13(2)19(25)22-16-12-14(21)9-10-18(16)26-3/h4-10,12-13H,1,11H2,2-3H3,(H,22,25)/t13-/m0/s1. The Balaban J connectivity index is 1.81. The second kappa shape index (κ2) is 8.50. The molecular weight excluding hydrogens is 382 g/mol. The number of fused-ring (bicyclic) bond motifs is 1. The quantitative estimate of drug-likeness (QED) is 0.447. The number of aromatic nitrogens is 2. The molecule has 0 saturated carbocycles. The van der Waals surface area contributed by atoms with Crippen LogP contribution in [0, 0.1) is 0 Å². The smallest absolute Gasteiger partial charge is 0.237 e. The van der Waals surface area contributed by atoms with Crippen molar-refractivity contribution < 1.29 is 9.53 Å². The number of carbonyl (C=O) groups is 1. The average Bonchev–Trinajstić information content (AvgIpc) is 2.99. The molecule has 2 aromatic carbocycles. The molecule has 5 nitrogen and oxygen atoms in total. The van der Waals surface area contributed by atoms with Crippen molar-refractivity contribution in [2.75, 3.05) is 12.4 Å². The molecule has 0 fully saturated rings. The number of amides is 1. The summed E-state index contributed by atoms with van der Waals surface area (Å²) in [7, 11) is 1.55. The summed E-state index contributed by atoms with van der Waals surface area (Å²) in [6.07, 6.45) is 1.82. The number of hydrogen-bond acceptors (Lipinski definition) is 4. The van der Waals surface area contributed by atoms with Gasteiger partial charge in [-0.25, -0.2) is 4.98 Å². The number of nitrogens with one attached hydrogen (secondary N) is 1. The van der Waals surface area contributed by atoms with Gasteiger partial charge in [0.15, 0.2) is 5.16 Å². The molecular formula is C20H20ClN3O2S. The topological polar surface area (TPSA) is 56.2 Å². The molecule has 1 amide bonds. The number of carbonyl (C=O) groups excluding carboxylic acids is 1. The van der Waals surface area contributed by atoms with Crippen molar-refractivity contribution in [3.63, 3.8) is 0 Å². The van der Waals surface area contributed by atoms with E-state index in [4.69, 9.17) is 16.3 Å². The number of imidazole rings is 1. The normalized spacial score (nSPS) is 12.0. The lowest BCUT2D eigenvalue weighted by atomic mass is 10.3. The van der Waals surface area contributed by atoms with Gasteiger partial charge in [-0.1, -0.05) is 41.6 Å². The largest absolute Gasteiger partial charge is 0.495 e. The Morgan fingerprint density at radius 2 is 2.19 bits per heavy atom. The van der Waals surface area contributed by atoms with Crippen LogP contribution in [0.2, 0.25) is 5.02 Å². The molecule has 0 aliphatic carbocycles. The number of ether oxygens (including phenoxy) is 1. The Morgan fingerprint density at radius 1 is 1.41 bits per heavy atom. The Morgan fingerprint density at radius 3 is 2.93 bits per heavy atom. The fourth-order valence-electron chi connectivity index (χ4n) is 2.67. The third-order valence-electron chi connectivity index (χ3n) is 4.00. The van der Waals surface area contributed by atoms with Gasteiger partial charge in [0, 0.05) is 11.6 Å². The highest BCUT2D eigenvalue weighted by atomic mass is 35.5. The van der Waals surface area contributed by atoms with Gasteiger partial charge in [-0.15, -0.1) is 6.58 Å². The van der Waals surface area contributed by atoms with E-state index in [1.54, 1.807) is 25.3 Å². The molecule has 0 spiro atoms. The first-order chi connectivity index (χ1) is 13.0. The van der Waals surface area contributed by atoms with Crippen molar-refractivity contribution in [2.45, 2.75) is 23.9 Å². The number of thioether (sulfide) groups is 1. The number of allylic oxidation sites excluding steroid dienone is 1. The minimum absolute atomic E-state index is 0.155. The summed E-state index contributed by atoms with van der Waals surface area (Å²) in [5, 5.41) is 3.82. The average molecular weight is 402 g/mol. The summed E-state index contributed by atoms with van der Waals surface area (Å²) in [4.78, 5) is 17.4. The Hall–Kier alpha value is -2.44. The first-order valence-corrected chi connectivity index (χ1v) is 9.66. The lowest BCUT2D eigenvalue weighted by Gasteiger charge is -2.15. The summed E-state index contributed by atoms with van der Waals surface area (Å²) < 4.78 is 7.33. The van der Waals surface area contributed by atoms with Gasteiger partial charge in [-0.3, -0.25) is 4.79 Å². The number of nitrogens with zero attached hydrogens (tertiary/aromatic N) is 2. The molecule has 1 aromatic heterocycles. The zero-order chi connectivity index (χ0) is 19.4. The highest BCUT2D eigenvalue weighted by molar-refractivity contribution is 8.00. The monoisotopic (exact) mass is 401 g/mol. The summed E-state index contributed by atoms with van der Waals surface area (Å²) in [6.45, 7) is 6.28. The zero-order valence-electron chi connectivity index (χ0n) is 15.1. The molecule has 3 rings (SSSR count). The molecule has 1 heterocycles. The van der Waals surface area contributed by atoms with Crippen molar-refractivity contribution in [1.29, 1.82) is 0 Å². The second-order valence-corrected chi connectivity index (χ2v) is 7.62. The van der Waals surface area contributed by atoms with E-state index in [9.17, 15) is 4.79 Å². The van der Waals surface area contributed by atoms with Gasteiger partial charge in [0.05, 0.1) is 29.1 Å². The third-order valence-corrected chi connectivity index (χ3v) is 5.33. The first kappa shape index (κ1) is 19.3. The highest BCUT2D eigenvalue weighted by Gasteiger charge is 2.20. The van der Waals surface area contributed by atoms with E-state index in [1.165, 1.54) is 11.8 Å². The van der Waals surface area contributed by atoms with E-state index in [0.717, 1.165) is 16.2 Å². The number of benzene rings is 2. The lowest BCUT2D eigenvalue weighted by molar-refractivity contribution is -0.115. The molecule has 3 aromatic rings. The molecule has 0 unspecified atom stereocenters. The number of anilines is 1. The molecule has 0 saturated heterocycles. The Labute approximate surface area is 167 Å². The number of hydrogen-bond donors (Lipinski definition) is 1. The SMILES string of the molecule is C=CCn1c(S[C@@H](C)C(=O)Nc2cc(Cl)ccc2OC)nc2ccccc21. The maximum absolute atomic E-state index is 12.7. The first-order valence-electron chi connectivity index (χ1n) is 8.40. The maximum Gasteiger partial charge on any atom is 0.237 e. The van der Waals surface area contributed by atoms with E-state index in [0.29, 0.717) is 23.0 Å². The number of halogens is 1. The van der Waals surface area contributed by atoms with Crippen molar-refractivity contribution in [1.82, 2.24) is 9.55 Å². The van der Waals surface area contributed by atoms with Gasteiger partial charge in [0.1, 0.15) is 5.75 Å². The van der Waals surface area contributed by atoms with Gasteiger partial charge in [-0.05, 0) is 37.3 Å². The van der Waals surface area contributed by atoms with Gasteiger partial charge < -0.3 is 14.6 Å². The predicted octanol–water partition coefficient (Wildman–Crippen LogP) is 5.00.